The van der Waals surface area contributed by atoms with E-state index in [1.54, 1.807) is 17.0 Å². The molecule has 0 saturated heterocycles. The first-order valence-corrected chi connectivity index (χ1v) is 6.69. The highest BCUT2D eigenvalue weighted by Gasteiger charge is 2.19. The van der Waals surface area contributed by atoms with Crippen LogP contribution >= 0.6 is 27.5 Å². The van der Waals surface area contributed by atoms with Gasteiger partial charge in [0.05, 0.1) is 10.6 Å². The van der Waals surface area contributed by atoms with Crippen molar-refractivity contribution >= 4 is 33.4 Å². The molecule has 0 fully saturated rings. The normalized spacial score (nSPS) is 10.6. The topological polar surface area (TPSA) is 20.3 Å². The van der Waals surface area contributed by atoms with Crippen LogP contribution in [0.2, 0.25) is 5.02 Å². The van der Waals surface area contributed by atoms with Crippen LogP contribution in [0.1, 0.15) is 24.2 Å². The molecule has 0 aliphatic carbocycles. The van der Waals surface area contributed by atoms with Gasteiger partial charge in [-0.25, -0.2) is 0 Å². The Balaban J connectivity index is 2.95. The van der Waals surface area contributed by atoms with E-state index >= 15 is 0 Å². The van der Waals surface area contributed by atoms with Crippen LogP contribution in [-0.2, 0) is 0 Å². The van der Waals surface area contributed by atoms with Gasteiger partial charge in [-0.3, -0.25) is 4.79 Å². The van der Waals surface area contributed by atoms with Crippen LogP contribution < -0.4 is 0 Å². The van der Waals surface area contributed by atoms with Gasteiger partial charge >= 0.3 is 0 Å². The molecule has 0 N–H and O–H groups in total. The third-order valence-corrected chi connectivity index (χ3v) is 3.00. The predicted octanol–water partition coefficient (Wildman–Crippen LogP) is 3.59. The maximum absolute atomic E-state index is 12.2. The predicted molar refractivity (Wildman–Crippen MR) is 71.4 cm³/mol. The Bertz CT molecular complexity index is 368. The fourth-order valence-electron chi connectivity index (χ4n) is 1.47. The van der Waals surface area contributed by atoms with E-state index in [1.165, 1.54) is 0 Å². The Morgan fingerprint density at radius 2 is 2.06 bits per heavy atom. The first-order chi connectivity index (χ1) is 7.57. The van der Waals surface area contributed by atoms with E-state index in [1.807, 2.05) is 26.0 Å². The fraction of sp³-hybridized carbons (Fsp3) is 0.417. The highest BCUT2D eigenvalue weighted by Crippen LogP contribution is 2.18. The van der Waals surface area contributed by atoms with E-state index in [9.17, 15) is 4.79 Å². The summed E-state index contributed by atoms with van der Waals surface area (Å²) >= 11 is 9.36. The molecule has 0 bridgehead atoms. The second kappa shape index (κ2) is 6.26. The van der Waals surface area contributed by atoms with Crippen molar-refractivity contribution in [3.63, 3.8) is 0 Å². The molecule has 0 heterocycles. The number of amides is 1. The van der Waals surface area contributed by atoms with Crippen molar-refractivity contribution in [1.82, 2.24) is 4.90 Å². The second-order valence-electron chi connectivity index (χ2n) is 3.76. The Hall–Kier alpha value is -0.540. The fourth-order valence-corrected chi connectivity index (χ4v) is 2.07. The summed E-state index contributed by atoms with van der Waals surface area (Å²) in [4.78, 5) is 14.0. The first-order valence-electron chi connectivity index (χ1n) is 5.19. The molecule has 2 nitrogen and oxygen atoms in total. The summed E-state index contributed by atoms with van der Waals surface area (Å²) in [5.41, 5.74) is 0.568. The van der Waals surface area contributed by atoms with E-state index in [-0.39, 0.29) is 11.9 Å². The summed E-state index contributed by atoms with van der Waals surface area (Å²) in [5, 5.41) is 1.27. The monoisotopic (exact) mass is 303 g/mol. The Kier molecular flexibility index (Phi) is 5.29. The third kappa shape index (κ3) is 3.22. The molecule has 1 amide bonds. The Morgan fingerprint density at radius 1 is 1.44 bits per heavy atom. The smallest absolute Gasteiger partial charge is 0.255 e. The molecule has 0 radical (unpaired) electrons. The molecule has 0 saturated carbocycles. The number of carbonyl (C=O) groups excluding carboxylic acids is 1. The molecule has 1 rings (SSSR count). The van der Waals surface area contributed by atoms with Crippen molar-refractivity contribution in [3.05, 3.63) is 34.9 Å². The van der Waals surface area contributed by atoms with Gasteiger partial charge in [0.25, 0.3) is 5.91 Å². The molecule has 0 spiro atoms. The molecule has 4 heteroatoms. The van der Waals surface area contributed by atoms with Crippen molar-refractivity contribution < 1.29 is 4.79 Å². The summed E-state index contributed by atoms with van der Waals surface area (Å²) < 4.78 is 0. The standard InChI is InChI=1S/C12H15BrClNO/c1-9(2)15(8-7-13)12(16)10-5-3-4-6-11(10)14/h3-6,9H,7-8H2,1-2H3. The van der Waals surface area contributed by atoms with Crippen LogP contribution in [0.25, 0.3) is 0 Å². The summed E-state index contributed by atoms with van der Waals surface area (Å²) in [6.45, 7) is 4.68. The third-order valence-electron chi connectivity index (χ3n) is 2.31. The summed E-state index contributed by atoms with van der Waals surface area (Å²) in [6, 6.07) is 7.31. The molecule has 16 heavy (non-hydrogen) atoms. The van der Waals surface area contributed by atoms with Gasteiger partial charge in [-0.05, 0) is 26.0 Å². The van der Waals surface area contributed by atoms with Crippen LogP contribution in [0, 0.1) is 0 Å². The van der Waals surface area contributed by atoms with Gasteiger partial charge in [-0.15, -0.1) is 0 Å². The van der Waals surface area contributed by atoms with Crippen LogP contribution in [0.3, 0.4) is 0 Å². The molecule has 0 aromatic heterocycles. The van der Waals surface area contributed by atoms with Gasteiger partial charge in [0.15, 0.2) is 0 Å². The number of nitrogens with zero attached hydrogens (tertiary/aromatic N) is 1. The molecule has 1 aromatic carbocycles. The summed E-state index contributed by atoms with van der Waals surface area (Å²) in [5.74, 6) is -0.0138. The maximum Gasteiger partial charge on any atom is 0.255 e. The first kappa shape index (κ1) is 13.5. The van der Waals surface area contributed by atoms with Crippen molar-refractivity contribution in [1.29, 1.82) is 0 Å². The van der Waals surface area contributed by atoms with Crippen molar-refractivity contribution in [3.8, 4) is 0 Å². The number of hydrogen-bond acceptors (Lipinski definition) is 1. The number of rotatable bonds is 4. The highest BCUT2D eigenvalue weighted by molar-refractivity contribution is 9.09. The summed E-state index contributed by atoms with van der Waals surface area (Å²) in [7, 11) is 0. The van der Waals surface area contributed by atoms with Gasteiger partial charge in [-0.2, -0.15) is 0 Å². The molecule has 0 aliphatic heterocycles. The van der Waals surface area contributed by atoms with Crippen molar-refractivity contribution in [2.75, 3.05) is 11.9 Å². The van der Waals surface area contributed by atoms with Crippen LogP contribution in [0.5, 0.6) is 0 Å². The molecule has 0 atom stereocenters. The van der Waals surface area contributed by atoms with Crippen LogP contribution in [0.4, 0.5) is 0 Å². The minimum atomic E-state index is -0.0138. The van der Waals surface area contributed by atoms with Gasteiger partial charge < -0.3 is 4.90 Å². The number of hydrogen-bond donors (Lipinski definition) is 0. The minimum Gasteiger partial charge on any atom is -0.335 e. The lowest BCUT2D eigenvalue weighted by Gasteiger charge is -2.26. The van der Waals surface area contributed by atoms with Gasteiger partial charge in [0.1, 0.15) is 0 Å². The zero-order valence-corrected chi connectivity index (χ0v) is 11.8. The van der Waals surface area contributed by atoms with E-state index < -0.39 is 0 Å². The largest absolute Gasteiger partial charge is 0.335 e. The zero-order chi connectivity index (χ0) is 12.1. The molecule has 1 aromatic rings. The average Bonchev–Trinajstić information content (AvgIpc) is 2.25. The number of alkyl halides is 1. The Morgan fingerprint density at radius 3 is 2.56 bits per heavy atom. The quantitative estimate of drug-likeness (QED) is 0.779. The van der Waals surface area contributed by atoms with E-state index in [4.69, 9.17) is 11.6 Å². The molecule has 88 valence electrons. The molecule has 0 aliphatic rings. The van der Waals surface area contributed by atoms with E-state index in [0.29, 0.717) is 17.1 Å². The van der Waals surface area contributed by atoms with Crippen LogP contribution in [0.15, 0.2) is 24.3 Å². The van der Waals surface area contributed by atoms with Gasteiger partial charge in [0.2, 0.25) is 0 Å². The number of halogens is 2. The summed E-state index contributed by atoms with van der Waals surface area (Å²) in [6.07, 6.45) is 0. The zero-order valence-electron chi connectivity index (χ0n) is 9.41. The number of benzene rings is 1. The van der Waals surface area contributed by atoms with E-state index in [2.05, 4.69) is 15.9 Å². The average molecular weight is 305 g/mol. The van der Waals surface area contributed by atoms with Crippen molar-refractivity contribution in [2.24, 2.45) is 0 Å². The maximum atomic E-state index is 12.2. The SMILES string of the molecule is CC(C)N(CCBr)C(=O)c1ccccc1Cl. The molecular weight excluding hydrogens is 289 g/mol. The lowest BCUT2D eigenvalue weighted by Crippen LogP contribution is -2.38. The lowest BCUT2D eigenvalue weighted by molar-refractivity contribution is 0.0719. The molecule has 0 unspecified atom stereocenters. The van der Waals surface area contributed by atoms with Gasteiger partial charge in [0, 0.05) is 17.9 Å². The van der Waals surface area contributed by atoms with Gasteiger partial charge in [-0.1, -0.05) is 39.7 Å². The highest BCUT2D eigenvalue weighted by atomic mass is 79.9. The Labute approximate surface area is 110 Å². The minimum absolute atomic E-state index is 0.0138. The van der Waals surface area contributed by atoms with Crippen molar-refractivity contribution in [2.45, 2.75) is 19.9 Å². The molecular formula is C12H15BrClNO. The second-order valence-corrected chi connectivity index (χ2v) is 4.96. The number of carbonyl (C=O) groups is 1. The van der Waals surface area contributed by atoms with Crippen LogP contribution in [-0.4, -0.2) is 28.7 Å². The van der Waals surface area contributed by atoms with E-state index in [0.717, 1.165) is 5.33 Å². The lowest BCUT2D eigenvalue weighted by atomic mass is 10.1.